The van der Waals surface area contributed by atoms with Crippen molar-refractivity contribution < 1.29 is 32.2 Å². The molecule has 3 rings (SSSR count). The molecule has 9 heteroatoms. The summed E-state index contributed by atoms with van der Waals surface area (Å²) in [6, 6.07) is 11.8. The number of ether oxygens (including phenoxy) is 2. The van der Waals surface area contributed by atoms with E-state index in [1.807, 2.05) is 6.92 Å². The van der Waals surface area contributed by atoms with Crippen LogP contribution in [0.15, 0.2) is 42.5 Å². The second-order valence-corrected chi connectivity index (χ2v) is 7.62. The Bertz CT molecular complexity index is 1090. The number of aryl methyl sites for hydroxylation is 1. The van der Waals surface area contributed by atoms with Gasteiger partial charge < -0.3 is 14.8 Å². The molecule has 0 fully saturated rings. The van der Waals surface area contributed by atoms with Gasteiger partial charge in [-0.05, 0) is 43.2 Å². The standard InChI is InChI=1S/C22H20F3NO4S/c1-3-13-10-17-15(11-16(13)26-20(27)14-8-6-5-7-9-14)18(30-12-22(23,24)25)19(31-17)21(28)29-4-2/h5-11H,3-4,12H2,1-2H3,(H,26,27). The Kier molecular flexibility index (Phi) is 6.84. The van der Waals surface area contributed by atoms with Crippen molar-refractivity contribution in [2.75, 3.05) is 18.5 Å². The van der Waals surface area contributed by atoms with Crippen molar-refractivity contribution in [3.8, 4) is 5.75 Å². The topological polar surface area (TPSA) is 64.6 Å². The lowest BCUT2D eigenvalue weighted by Gasteiger charge is -2.13. The van der Waals surface area contributed by atoms with Crippen LogP contribution >= 0.6 is 11.3 Å². The summed E-state index contributed by atoms with van der Waals surface area (Å²) < 4.78 is 48.9. The SMILES string of the molecule is CCOC(=O)c1sc2cc(CC)c(NC(=O)c3ccccc3)cc2c1OCC(F)(F)F. The highest BCUT2D eigenvalue weighted by atomic mass is 32.1. The van der Waals surface area contributed by atoms with Gasteiger partial charge in [-0.2, -0.15) is 13.2 Å². The van der Waals surface area contributed by atoms with Crippen LogP contribution in [0.1, 0.15) is 39.4 Å². The number of hydrogen-bond donors (Lipinski definition) is 1. The number of fused-ring (bicyclic) bond motifs is 1. The summed E-state index contributed by atoms with van der Waals surface area (Å²) in [5.74, 6) is -1.31. The average Bonchev–Trinajstić information content (AvgIpc) is 3.09. The molecule has 1 N–H and O–H groups in total. The smallest absolute Gasteiger partial charge is 0.422 e. The minimum absolute atomic E-state index is 0.0466. The van der Waals surface area contributed by atoms with Gasteiger partial charge in [0.05, 0.1) is 6.61 Å². The van der Waals surface area contributed by atoms with E-state index in [1.165, 1.54) is 0 Å². The Hall–Kier alpha value is -3.07. The zero-order valence-corrected chi connectivity index (χ0v) is 17.7. The number of benzene rings is 2. The second kappa shape index (κ2) is 9.38. The maximum Gasteiger partial charge on any atom is 0.422 e. The van der Waals surface area contributed by atoms with Crippen molar-refractivity contribution in [3.63, 3.8) is 0 Å². The molecule has 0 spiro atoms. The fourth-order valence-electron chi connectivity index (χ4n) is 2.98. The van der Waals surface area contributed by atoms with Crippen molar-refractivity contribution >= 4 is 39.0 Å². The van der Waals surface area contributed by atoms with Gasteiger partial charge in [0.15, 0.2) is 17.2 Å². The van der Waals surface area contributed by atoms with Gasteiger partial charge in [0.1, 0.15) is 0 Å². The molecule has 3 aromatic rings. The Morgan fingerprint density at radius 3 is 2.42 bits per heavy atom. The van der Waals surface area contributed by atoms with Crippen LogP contribution in [0.2, 0.25) is 0 Å². The highest BCUT2D eigenvalue weighted by Crippen LogP contribution is 2.42. The number of anilines is 1. The third-order valence-corrected chi connectivity index (χ3v) is 5.49. The van der Waals surface area contributed by atoms with Crippen LogP contribution in [-0.4, -0.2) is 31.3 Å². The van der Waals surface area contributed by atoms with Crippen molar-refractivity contribution in [2.45, 2.75) is 26.4 Å². The van der Waals surface area contributed by atoms with Gasteiger partial charge in [0, 0.05) is 21.3 Å². The summed E-state index contributed by atoms with van der Waals surface area (Å²) >= 11 is 0.996. The lowest BCUT2D eigenvalue weighted by molar-refractivity contribution is -0.153. The maximum atomic E-state index is 12.8. The summed E-state index contributed by atoms with van der Waals surface area (Å²) in [6.45, 7) is 2.02. The third-order valence-electron chi connectivity index (χ3n) is 4.37. The van der Waals surface area contributed by atoms with E-state index in [0.29, 0.717) is 27.8 Å². The number of amides is 1. The van der Waals surface area contributed by atoms with Crippen molar-refractivity contribution in [3.05, 3.63) is 58.5 Å². The number of carbonyl (C=O) groups is 2. The largest absolute Gasteiger partial charge is 0.482 e. The predicted molar refractivity (Wildman–Crippen MR) is 113 cm³/mol. The van der Waals surface area contributed by atoms with Crippen LogP contribution in [0, 0.1) is 0 Å². The minimum atomic E-state index is -4.58. The summed E-state index contributed by atoms with van der Waals surface area (Å²) in [5.41, 5.74) is 1.65. The van der Waals surface area contributed by atoms with Gasteiger partial charge in [-0.15, -0.1) is 11.3 Å². The first-order valence-corrected chi connectivity index (χ1v) is 10.4. The van der Waals surface area contributed by atoms with Crippen molar-refractivity contribution in [1.82, 2.24) is 0 Å². The molecule has 0 atom stereocenters. The Balaban J connectivity index is 2.07. The van der Waals surface area contributed by atoms with Gasteiger partial charge in [0.25, 0.3) is 5.91 Å². The van der Waals surface area contributed by atoms with E-state index >= 15 is 0 Å². The van der Waals surface area contributed by atoms with Gasteiger partial charge >= 0.3 is 12.1 Å². The van der Waals surface area contributed by atoms with Crippen LogP contribution in [0.4, 0.5) is 18.9 Å². The van der Waals surface area contributed by atoms with E-state index in [9.17, 15) is 22.8 Å². The van der Waals surface area contributed by atoms with Crippen LogP contribution in [0.3, 0.4) is 0 Å². The van der Waals surface area contributed by atoms with Crippen LogP contribution < -0.4 is 10.1 Å². The number of rotatable bonds is 7. The van der Waals surface area contributed by atoms with Crippen molar-refractivity contribution in [1.29, 1.82) is 0 Å². The molecule has 0 aliphatic carbocycles. The van der Waals surface area contributed by atoms with E-state index in [1.54, 1.807) is 49.4 Å². The maximum absolute atomic E-state index is 12.8. The molecule has 2 aromatic carbocycles. The van der Waals surface area contributed by atoms with E-state index in [4.69, 9.17) is 9.47 Å². The Morgan fingerprint density at radius 2 is 1.81 bits per heavy atom. The zero-order valence-electron chi connectivity index (χ0n) is 16.8. The summed E-state index contributed by atoms with van der Waals surface area (Å²) in [7, 11) is 0. The molecule has 0 saturated heterocycles. The quantitative estimate of drug-likeness (QED) is 0.459. The molecular formula is C22H20F3NO4S. The van der Waals surface area contributed by atoms with Gasteiger partial charge in [-0.1, -0.05) is 25.1 Å². The fraction of sp³-hybridized carbons (Fsp3) is 0.273. The molecule has 0 bridgehead atoms. The first-order valence-electron chi connectivity index (χ1n) is 9.56. The molecule has 5 nitrogen and oxygen atoms in total. The number of thiophene rings is 1. The summed E-state index contributed by atoms with van der Waals surface area (Å²) in [5, 5.41) is 3.11. The Labute approximate surface area is 180 Å². The van der Waals surface area contributed by atoms with Crippen LogP contribution in [0.25, 0.3) is 10.1 Å². The number of alkyl halides is 3. The number of carbonyl (C=O) groups excluding carboxylic acids is 2. The normalized spacial score (nSPS) is 11.4. The Morgan fingerprint density at radius 1 is 1.10 bits per heavy atom. The average molecular weight is 451 g/mol. The highest BCUT2D eigenvalue weighted by molar-refractivity contribution is 7.21. The van der Waals surface area contributed by atoms with E-state index in [-0.39, 0.29) is 23.1 Å². The monoisotopic (exact) mass is 451 g/mol. The second-order valence-electron chi connectivity index (χ2n) is 6.56. The fourth-order valence-corrected chi connectivity index (χ4v) is 4.07. The first-order chi connectivity index (χ1) is 14.7. The van der Waals surface area contributed by atoms with Crippen molar-refractivity contribution in [2.24, 2.45) is 0 Å². The third kappa shape index (κ3) is 5.35. The minimum Gasteiger partial charge on any atom is -0.482 e. The molecule has 31 heavy (non-hydrogen) atoms. The number of nitrogens with one attached hydrogen (secondary N) is 1. The summed E-state index contributed by atoms with van der Waals surface area (Å²) in [4.78, 5) is 24.9. The molecule has 0 radical (unpaired) electrons. The molecule has 0 aliphatic heterocycles. The lowest BCUT2D eigenvalue weighted by atomic mass is 10.1. The zero-order chi connectivity index (χ0) is 22.6. The summed E-state index contributed by atoms with van der Waals surface area (Å²) in [6.07, 6.45) is -4.01. The van der Waals surface area contributed by atoms with Crippen LogP contribution in [0.5, 0.6) is 5.75 Å². The molecule has 0 unspecified atom stereocenters. The van der Waals surface area contributed by atoms with E-state index in [2.05, 4.69) is 5.32 Å². The van der Waals surface area contributed by atoms with Gasteiger partial charge in [-0.3, -0.25) is 4.79 Å². The lowest BCUT2D eigenvalue weighted by Crippen LogP contribution is -2.20. The van der Waals surface area contributed by atoms with Crippen LogP contribution in [-0.2, 0) is 11.2 Å². The van der Waals surface area contributed by atoms with E-state index in [0.717, 1.165) is 16.9 Å². The molecule has 1 heterocycles. The number of hydrogen-bond acceptors (Lipinski definition) is 5. The highest BCUT2D eigenvalue weighted by Gasteiger charge is 2.31. The molecule has 164 valence electrons. The van der Waals surface area contributed by atoms with Gasteiger partial charge in [0.2, 0.25) is 0 Å². The molecule has 1 aromatic heterocycles. The number of halogens is 3. The van der Waals surface area contributed by atoms with E-state index < -0.39 is 18.8 Å². The molecule has 0 saturated carbocycles. The predicted octanol–water partition coefficient (Wildman–Crippen LogP) is 5.83. The number of esters is 1. The molecule has 1 amide bonds. The first kappa shape index (κ1) is 22.6. The molecular weight excluding hydrogens is 431 g/mol. The molecule has 0 aliphatic rings. The van der Waals surface area contributed by atoms with Gasteiger partial charge in [-0.25, -0.2) is 4.79 Å².